The zero-order valence-electron chi connectivity index (χ0n) is 6.48. The van der Waals surface area contributed by atoms with Gasteiger partial charge in [0.2, 0.25) is 0 Å². The fourth-order valence-corrected chi connectivity index (χ4v) is 0.740. The summed E-state index contributed by atoms with van der Waals surface area (Å²) in [5.74, 6) is 5.28. The molecule has 0 atom stereocenters. The highest BCUT2D eigenvalue weighted by molar-refractivity contribution is 6.30. The zero-order chi connectivity index (χ0) is 9.52. The number of hydrogen-bond acceptors (Lipinski definition) is 3. The van der Waals surface area contributed by atoms with Crippen LogP contribution in [0.2, 0.25) is 5.15 Å². The fraction of sp³-hybridized carbons (Fsp3) is 0.143. The van der Waals surface area contributed by atoms with Crippen LogP contribution in [0.3, 0.4) is 0 Å². The second-order valence-corrected chi connectivity index (χ2v) is 2.28. The summed E-state index contributed by atoms with van der Waals surface area (Å²) >= 11 is 5.68. The van der Waals surface area contributed by atoms with E-state index in [0.29, 0.717) is 10.7 Å². The smallest absolute Gasteiger partial charge is 0.148 e. The van der Waals surface area contributed by atoms with Crippen LogP contribution in [0.15, 0.2) is 17.6 Å². The van der Waals surface area contributed by atoms with E-state index in [2.05, 4.69) is 31.8 Å². The van der Waals surface area contributed by atoms with Crippen molar-refractivity contribution in [1.29, 1.82) is 0 Å². The molecule has 5 nitrogen and oxygen atoms in total. The quantitative estimate of drug-likeness (QED) is 0.224. The lowest BCUT2D eigenvalue weighted by atomic mass is 10.3. The molecule has 0 aliphatic heterocycles. The Balaban J connectivity index is 2.77. The number of halogens is 1. The second kappa shape index (κ2) is 4.99. The van der Waals surface area contributed by atoms with Crippen molar-refractivity contribution in [3.05, 3.63) is 33.7 Å². The third-order valence-electron chi connectivity index (χ3n) is 1.10. The lowest BCUT2D eigenvalue weighted by Crippen LogP contribution is -1.84. The van der Waals surface area contributed by atoms with E-state index in [1.165, 1.54) is 12.5 Å². The monoisotopic (exact) mass is 193 g/mol. The summed E-state index contributed by atoms with van der Waals surface area (Å²) in [5, 5.41) is 3.53. The predicted molar refractivity (Wildman–Crippen MR) is 47.9 cm³/mol. The SMILES string of the molecule is [N-]=[N+]=NCC#Cc1cncnc1Cl. The van der Waals surface area contributed by atoms with Gasteiger partial charge >= 0.3 is 0 Å². The minimum Gasteiger partial charge on any atom is -0.243 e. The lowest BCUT2D eigenvalue weighted by molar-refractivity contribution is 1.15. The zero-order valence-corrected chi connectivity index (χ0v) is 7.23. The Bertz CT molecular complexity index is 399. The summed E-state index contributed by atoms with van der Waals surface area (Å²) < 4.78 is 0. The van der Waals surface area contributed by atoms with Crippen molar-refractivity contribution in [2.24, 2.45) is 5.11 Å². The minimum absolute atomic E-state index is 0.113. The van der Waals surface area contributed by atoms with Gasteiger partial charge in [0.25, 0.3) is 0 Å². The first kappa shape index (κ1) is 9.33. The highest BCUT2D eigenvalue weighted by atomic mass is 35.5. The number of hydrogen-bond donors (Lipinski definition) is 0. The molecule has 0 aliphatic rings. The molecule has 1 rings (SSSR count). The van der Waals surface area contributed by atoms with Gasteiger partial charge in [-0.25, -0.2) is 9.97 Å². The molecule has 0 spiro atoms. The molecule has 0 amide bonds. The van der Waals surface area contributed by atoms with Gasteiger partial charge in [-0.2, -0.15) is 0 Å². The lowest BCUT2D eigenvalue weighted by Gasteiger charge is -1.89. The van der Waals surface area contributed by atoms with E-state index in [9.17, 15) is 0 Å². The van der Waals surface area contributed by atoms with Crippen molar-refractivity contribution in [2.45, 2.75) is 0 Å². The molecule has 1 aromatic heterocycles. The van der Waals surface area contributed by atoms with Crippen LogP contribution in [0, 0.1) is 11.8 Å². The molecule has 0 saturated carbocycles. The molecule has 0 radical (unpaired) electrons. The normalized spacial score (nSPS) is 8.08. The van der Waals surface area contributed by atoms with Crippen molar-refractivity contribution in [1.82, 2.24) is 9.97 Å². The second-order valence-electron chi connectivity index (χ2n) is 1.92. The van der Waals surface area contributed by atoms with Gasteiger partial charge in [-0.15, -0.1) is 0 Å². The average Bonchev–Trinajstić information content (AvgIpc) is 2.15. The van der Waals surface area contributed by atoms with Gasteiger partial charge in [0.05, 0.1) is 12.1 Å². The van der Waals surface area contributed by atoms with Gasteiger partial charge in [0.15, 0.2) is 0 Å². The van der Waals surface area contributed by atoms with Gasteiger partial charge in [-0.05, 0) is 5.53 Å². The van der Waals surface area contributed by atoms with Crippen molar-refractivity contribution in [3.63, 3.8) is 0 Å². The van der Waals surface area contributed by atoms with E-state index in [1.807, 2.05) is 0 Å². The Morgan fingerprint density at radius 3 is 3.23 bits per heavy atom. The van der Waals surface area contributed by atoms with Crippen LogP contribution in [-0.2, 0) is 0 Å². The Hall–Kier alpha value is -1.76. The maximum Gasteiger partial charge on any atom is 0.148 e. The van der Waals surface area contributed by atoms with E-state index in [-0.39, 0.29) is 6.54 Å². The van der Waals surface area contributed by atoms with Crippen LogP contribution in [0.5, 0.6) is 0 Å². The average molecular weight is 194 g/mol. The van der Waals surface area contributed by atoms with Crippen LogP contribution in [-0.4, -0.2) is 16.5 Å². The first-order valence-corrected chi connectivity index (χ1v) is 3.67. The molecule has 0 aromatic carbocycles. The highest BCUT2D eigenvalue weighted by Gasteiger charge is 1.94. The molecule has 64 valence electrons. The minimum atomic E-state index is 0.113. The summed E-state index contributed by atoms with van der Waals surface area (Å²) in [4.78, 5) is 10.0. The molecule has 0 bridgehead atoms. The van der Waals surface area contributed by atoms with Crippen LogP contribution < -0.4 is 0 Å². The first-order chi connectivity index (χ1) is 6.34. The topological polar surface area (TPSA) is 74.5 Å². The summed E-state index contributed by atoms with van der Waals surface area (Å²) in [6.45, 7) is 0.113. The molecule has 1 heterocycles. The summed E-state index contributed by atoms with van der Waals surface area (Å²) in [7, 11) is 0. The standard InChI is InChI=1S/C7H4ClN5/c8-7-6(4-10-5-11-7)2-1-3-12-13-9/h4-5H,3H2. The molecule has 0 N–H and O–H groups in total. The maximum absolute atomic E-state index is 7.96. The molecule has 0 fully saturated rings. The van der Waals surface area contributed by atoms with Gasteiger partial charge in [0, 0.05) is 11.1 Å². The van der Waals surface area contributed by atoms with Crippen molar-refractivity contribution in [3.8, 4) is 11.8 Å². The van der Waals surface area contributed by atoms with Crippen molar-refractivity contribution in [2.75, 3.05) is 6.54 Å². The molecule has 1 aromatic rings. The molecule has 13 heavy (non-hydrogen) atoms. The Morgan fingerprint density at radius 1 is 1.69 bits per heavy atom. The Labute approximate surface area is 79.4 Å². The van der Waals surface area contributed by atoms with Crippen LogP contribution in [0.25, 0.3) is 10.4 Å². The number of azide groups is 1. The predicted octanol–water partition coefficient (Wildman–Crippen LogP) is 1.79. The Morgan fingerprint density at radius 2 is 2.54 bits per heavy atom. The molecule has 6 heteroatoms. The van der Waals surface area contributed by atoms with Gasteiger partial charge in [-0.3, -0.25) is 0 Å². The molecule has 0 unspecified atom stereocenters. The van der Waals surface area contributed by atoms with Crippen LogP contribution >= 0.6 is 11.6 Å². The third-order valence-corrected chi connectivity index (χ3v) is 1.40. The number of nitrogens with zero attached hydrogens (tertiary/aromatic N) is 5. The van der Waals surface area contributed by atoms with Crippen molar-refractivity contribution >= 4 is 11.6 Å². The molecule has 0 saturated heterocycles. The fourth-order valence-electron chi connectivity index (χ4n) is 0.600. The van der Waals surface area contributed by atoms with E-state index < -0.39 is 0 Å². The summed E-state index contributed by atoms with van der Waals surface area (Å²) in [6.07, 6.45) is 2.83. The largest absolute Gasteiger partial charge is 0.243 e. The van der Waals surface area contributed by atoms with Crippen LogP contribution in [0.1, 0.15) is 5.56 Å². The third kappa shape index (κ3) is 2.99. The van der Waals surface area contributed by atoms with Gasteiger partial charge < -0.3 is 0 Å². The van der Waals surface area contributed by atoms with Gasteiger partial charge in [-0.1, -0.05) is 28.6 Å². The maximum atomic E-state index is 7.96. The summed E-state index contributed by atoms with van der Waals surface area (Å²) in [5.41, 5.74) is 8.48. The number of rotatable bonds is 1. The van der Waals surface area contributed by atoms with E-state index in [1.54, 1.807) is 0 Å². The highest BCUT2D eigenvalue weighted by Crippen LogP contribution is 2.07. The molecular weight excluding hydrogens is 190 g/mol. The molecule has 0 aliphatic carbocycles. The first-order valence-electron chi connectivity index (χ1n) is 3.30. The number of aromatic nitrogens is 2. The van der Waals surface area contributed by atoms with E-state index in [4.69, 9.17) is 17.1 Å². The van der Waals surface area contributed by atoms with Crippen molar-refractivity contribution < 1.29 is 0 Å². The van der Waals surface area contributed by atoms with Crippen LogP contribution in [0.4, 0.5) is 0 Å². The molecular formula is C7H4ClN5. The van der Waals surface area contributed by atoms with E-state index in [0.717, 1.165) is 0 Å². The van der Waals surface area contributed by atoms with E-state index >= 15 is 0 Å². The summed E-state index contributed by atoms with van der Waals surface area (Å²) in [6, 6.07) is 0. The Kier molecular flexibility index (Phi) is 3.58. The van der Waals surface area contributed by atoms with Gasteiger partial charge in [0.1, 0.15) is 11.5 Å².